The van der Waals surface area contributed by atoms with Crippen LogP contribution in [-0.2, 0) is 4.79 Å². The average molecular weight is 392 g/mol. The molecule has 1 atom stereocenters. The Morgan fingerprint density at radius 3 is 2.48 bits per heavy atom. The van der Waals surface area contributed by atoms with Gasteiger partial charge in [-0.1, -0.05) is 6.07 Å². The summed E-state index contributed by atoms with van der Waals surface area (Å²) >= 11 is 0. The lowest BCUT2D eigenvalue weighted by Crippen LogP contribution is -2.32. The maximum atomic E-state index is 12.2. The van der Waals surface area contributed by atoms with Crippen LogP contribution in [0.5, 0.6) is 11.5 Å². The highest BCUT2D eigenvalue weighted by molar-refractivity contribution is 5.95. The van der Waals surface area contributed by atoms with E-state index in [1.807, 2.05) is 24.3 Å². The lowest BCUT2D eigenvalue weighted by molar-refractivity contribution is -0.115. The Morgan fingerprint density at radius 1 is 1.17 bits per heavy atom. The predicted octanol–water partition coefficient (Wildman–Crippen LogP) is 2.13. The van der Waals surface area contributed by atoms with E-state index in [2.05, 4.69) is 20.4 Å². The van der Waals surface area contributed by atoms with Crippen molar-refractivity contribution < 1.29 is 14.3 Å². The van der Waals surface area contributed by atoms with E-state index in [1.54, 1.807) is 44.2 Å². The van der Waals surface area contributed by atoms with Gasteiger partial charge >= 0.3 is 0 Å². The van der Waals surface area contributed by atoms with Gasteiger partial charge in [0.15, 0.2) is 5.82 Å². The molecule has 0 saturated carbocycles. The third-order valence-corrected chi connectivity index (χ3v) is 4.70. The van der Waals surface area contributed by atoms with Gasteiger partial charge in [0.2, 0.25) is 11.9 Å². The molecule has 0 bridgehead atoms. The zero-order valence-electron chi connectivity index (χ0n) is 16.2. The highest BCUT2D eigenvalue weighted by Crippen LogP contribution is 2.36. The number of carbonyl (C=O) groups excluding carboxylic acids is 1. The lowest BCUT2D eigenvalue weighted by Gasteiger charge is -2.26. The van der Waals surface area contributed by atoms with E-state index in [1.165, 1.54) is 0 Å². The molecule has 0 fully saturated rings. The van der Waals surface area contributed by atoms with Crippen LogP contribution in [0.15, 0.2) is 53.9 Å². The summed E-state index contributed by atoms with van der Waals surface area (Å²) in [5.74, 6) is 1.63. The number of amides is 1. The molecule has 0 saturated heterocycles. The fourth-order valence-electron chi connectivity index (χ4n) is 3.34. The number of ether oxygens (including phenoxy) is 2. The molecule has 0 aliphatic carbocycles. The molecule has 0 radical (unpaired) electrons. The van der Waals surface area contributed by atoms with Gasteiger partial charge in [-0.05, 0) is 31.2 Å². The summed E-state index contributed by atoms with van der Waals surface area (Å²) in [7, 11) is 3.16. The number of rotatable bonds is 5. The van der Waals surface area contributed by atoms with E-state index >= 15 is 0 Å². The standard InChI is InChI=1S/C20H20N6O3/c1-11-16(18(21)27)17(15-6-4-5-7-22-15)26-20(23-11)24-19(25-26)12-8-13(28-2)10-14(9-12)29-3/h4-10,17H,1-3H3,(H2,21,27)(H,23,24,25)/t17-/m0/s1. The van der Waals surface area contributed by atoms with Crippen LogP contribution in [0, 0.1) is 0 Å². The first kappa shape index (κ1) is 18.5. The summed E-state index contributed by atoms with van der Waals surface area (Å²) in [6, 6.07) is 10.3. The van der Waals surface area contributed by atoms with E-state index in [-0.39, 0.29) is 0 Å². The number of benzene rings is 1. The van der Waals surface area contributed by atoms with Gasteiger partial charge in [0, 0.05) is 23.5 Å². The Bertz CT molecular complexity index is 1080. The molecule has 0 unspecified atom stereocenters. The number of fused-ring (bicyclic) bond motifs is 1. The Kier molecular flexibility index (Phi) is 4.63. The summed E-state index contributed by atoms with van der Waals surface area (Å²) in [4.78, 5) is 21.2. The molecule has 1 amide bonds. The molecule has 1 aromatic carbocycles. The number of hydrogen-bond donors (Lipinski definition) is 2. The van der Waals surface area contributed by atoms with Crippen LogP contribution in [0.1, 0.15) is 18.7 Å². The van der Waals surface area contributed by atoms with Crippen molar-refractivity contribution in [2.45, 2.75) is 13.0 Å². The normalized spacial score (nSPS) is 15.5. The van der Waals surface area contributed by atoms with Gasteiger partial charge in [-0.3, -0.25) is 9.78 Å². The van der Waals surface area contributed by atoms with Crippen molar-refractivity contribution in [3.05, 3.63) is 59.6 Å². The maximum absolute atomic E-state index is 12.2. The molecule has 3 heterocycles. The molecule has 3 aromatic rings. The minimum Gasteiger partial charge on any atom is -0.497 e. The molecular formula is C20H20N6O3. The van der Waals surface area contributed by atoms with Crippen molar-refractivity contribution in [1.29, 1.82) is 0 Å². The van der Waals surface area contributed by atoms with Crippen LogP contribution in [0.25, 0.3) is 11.4 Å². The zero-order chi connectivity index (χ0) is 20.5. The molecule has 29 heavy (non-hydrogen) atoms. The number of anilines is 1. The van der Waals surface area contributed by atoms with Gasteiger partial charge in [0.1, 0.15) is 17.5 Å². The van der Waals surface area contributed by atoms with Crippen LogP contribution in [0.2, 0.25) is 0 Å². The Morgan fingerprint density at radius 2 is 1.90 bits per heavy atom. The molecular weight excluding hydrogens is 372 g/mol. The highest BCUT2D eigenvalue weighted by atomic mass is 16.5. The molecule has 9 nitrogen and oxygen atoms in total. The summed E-state index contributed by atoms with van der Waals surface area (Å²) in [6.07, 6.45) is 1.66. The molecule has 9 heteroatoms. The van der Waals surface area contributed by atoms with Crippen LogP contribution in [-0.4, -0.2) is 39.9 Å². The van der Waals surface area contributed by atoms with Crippen molar-refractivity contribution >= 4 is 11.9 Å². The fraction of sp³-hybridized carbons (Fsp3) is 0.200. The third-order valence-electron chi connectivity index (χ3n) is 4.70. The highest BCUT2D eigenvalue weighted by Gasteiger charge is 2.34. The van der Waals surface area contributed by atoms with E-state index in [0.29, 0.717) is 45.8 Å². The number of primary amides is 1. The summed E-state index contributed by atoms with van der Waals surface area (Å²) in [5.41, 5.74) is 8.03. The maximum Gasteiger partial charge on any atom is 0.248 e. The minimum absolute atomic E-state index is 0.385. The summed E-state index contributed by atoms with van der Waals surface area (Å²) in [6.45, 7) is 1.78. The molecule has 1 aliphatic heterocycles. The van der Waals surface area contributed by atoms with Gasteiger partial charge in [-0.15, -0.1) is 5.10 Å². The van der Waals surface area contributed by atoms with Crippen molar-refractivity contribution in [1.82, 2.24) is 19.7 Å². The SMILES string of the molecule is COc1cc(OC)cc(-c2nc3n(n2)[C@@H](c2ccccn2)C(C(N)=O)=C(C)N3)c1. The first-order valence-electron chi connectivity index (χ1n) is 8.90. The smallest absolute Gasteiger partial charge is 0.248 e. The number of nitrogens with two attached hydrogens (primary N) is 1. The van der Waals surface area contributed by atoms with E-state index < -0.39 is 11.9 Å². The van der Waals surface area contributed by atoms with E-state index in [0.717, 1.165) is 0 Å². The Balaban J connectivity index is 1.87. The number of pyridine rings is 1. The summed E-state index contributed by atoms with van der Waals surface area (Å²) in [5, 5.41) is 7.76. The van der Waals surface area contributed by atoms with Crippen molar-refractivity contribution in [3.63, 3.8) is 0 Å². The number of hydrogen-bond acceptors (Lipinski definition) is 7. The summed E-state index contributed by atoms with van der Waals surface area (Å²) < 4.78 is 12.3. The predicted molar refractivity (Wildman–Crippen MR) is 106 cm³/mol. The molecule has 1 aliphatic rings. The fourth-order valence-corrected chi connectivity index (χ4v) is 3.34. The van der Waals surface area contributed by atoms with Crippen molar-refractivity contribution in [2.75, 3.05) is 19.5 Å². The first-order valence-corrected chi connectivity index (χ1v) is 8.90. The molecule has 148 valence electrons. The largest absolute Gasteiger partial charge is 0.497 e. The second-order valence-corrected chi connectivity index (χ2v) is 6.49. The average Bonchev–Trinajstić information content (AvgIpc) is 3.16. The van der Waals surface area contributed by atoms with Crippen molar-refractivity contribution in [3.8, 4) is 22.9 Å². The van der Waals surface area contributed by atoms with Crippen molar-refractivity contribution in [2.24, 2.45) is 5.73 Å². The quantitative estimate of drug-likeness (QED) is 0.683. The van der Waals surface area contributed by atoms with Crippen LogP contribution in [0.4, 0.5) is 5.95 Å². The van der Waals surface area contributed by atoms with Crippen LogP contribution in [0.3, 0.4) is 0 Å². The molecule has 4 rings (SSSR count). The molecule has 2 aromatic heterocycles. The van der Waals surface area contributed by atoms with Gasteiger partial charge in [0.25, 0.3) is 0 Å². The minimum atomic E-state index is -0.585. The number of carbonyl (C=O) groups is 1. The second-order valence-electron chi connectivity index (χ2n) is 6.49. The van der Waals surface area contributed by atoms with Crippen LogP contribution >= 0.6 is 0 Å². The molecule has 0 spiro atoms. The number of nitrogens with zero attached hydrogens (tertiary/aromatic N) is 4. The van der Waals surface area contributed by atoms with Gasteiger partial charge in [0.05, 0.1) is 25.5 Å². The number of methoxy groups -OCH3 is 2. The topological polar surface area (TPSA) is 117 Å². The van der Waals surface area contributed by atoms with Crippen LogP contribution < -0.4 is 20.5 Å². The first-order chi connectivity index (χ1) is 14.0. The monoisotopic (exact) mass is 392 g/mol. The second kappa shape index (κ2) is 7.27. The Hall–Kier alpha value is -3.88. The van der Waals surface area contributed by atoms with E-state index in [4.69, 9.17) is 15.2 Å². The number of allylic oxidation sites excluding steroid dienone is 1. The van der Waals surface area contributed by atoms with Gasteiger partial charge < -0.3 is 20.5 Å². The third kappa shape index (κ3) is 3.27. The number of aromatic nitrogens is 4. The zero-order valence-corrected chi connectivity index (χ0v) is 16.2. The Labute approximate surface area is 167 Å². The van der Waals surface area contributed by atoms with Gasteiger partial charge in [-0.2, -0.15) is 4.98 Å². The van der Waals surface area contributed by atoms with E-state index in [9.17, 15) is 4.79 Å². The molecule has 3 N–H and O–H groups in total. The lowest BCUT2D eigenvalue weighted by atomic mass is 9.99. The number of nitrogens with one attached hydrogen (secondary N) is 1. The van der Waals surface area contributed by atoms with Gasteiger partial charge in [-0.25, -0.2) is 4.68 Å².